The third kappa shape index (κ3) is 3.18. The highest BCUT2D eigenvalue weighted by molar-refractivity contribution is 6.28. The first-order valence-corrected chi connectivity index (χ1v) is 5.45. The molecule has 0 amide bonds. The van der Waals surface area contributed by atoms with Crippen molar-refractivity contribution < 1.29 is 4.84 Å². The highest BCUT2D eigenvalue weighted by atomic mass is 35.5. The molecule has 0 aliphatic rings. The second-order valence-electron chi connectivity index (χ2n) is 3.36. The van der Waals surface area contributed by atoms with Crippen LogP contribution in [0.4, 0.5) is 11.9 Å². The van der Waals surface area contributed by atoms with Crippen molar-refractivity contribution in [1.29, 1.82) is 0 Å². The quantitative estimate of drug-likeness (QED) is 0.798. The molecule has 1 aromatic rings. The summed E-state index contributed by atoms with van der Waals surface area (Å²) >= 11 is 5.81. The molecule has 1 heterocycles. The number of hydroxylamine groups is 1. The Morgan fingerprint density at radius 3 is 2.56 bits per heavy atom. The molecule has 0 atom stereocenters. The molecule has 0 fully saturated rings. The minimum Gasteiger partial charge on any atom is -0.354 e. The highest BCUT2D eigenvalue weighted by Gasteiger charge is 2.15. The van der Waals surface area contributed by atoms with Crippen LogP contribution in [0.2, 0.25) is 5.28 Å². The predicted molar refractivity (Wildman–Crippen MR) is 63.6 cm³/mol. The van der Waals surface area contributed by atoms with Crippen LogP contribution in [0.25, 0.3) is 0 Å². The van der Waals surface area contributed by atoms with Crippen molar-refractivity contribution in [3.8, 4) is 0 Å². The summed E-state index contributed by atoms with van der Waals surface area (Å²) in [5, 5.41) is 4.68. The van der Waals surface area contributed by atoms with Crippen LogP contribution < -0.4 is 10.4 Å². The second kappa shape index (κ2) is 5.81. The number of hydrogen-bond donors (Lipinski definition) is 1. The lowest BCUT2D eigenvalue weighted by molar-refractivity contribution is 0.143. The van der Waals surface area contributed by atoms with Gasteiger partial charge in [-0.3, -0.25) is 4.84 Å². The van der Waals surface area contributed by atoms with Gasteiger partial charge in [-0.05, 0) is 32.4 Å². The first kappa shape index (κ1) is 12.9. The topological polar surface area (TPSA) is 63.2 Å². The molecule has 0 saturated heterocycles. The van der Waals surface area contributed by atoms with Gasteiger partial charge in [0.25, 0.3) is 5.95 Å². The summed E-state index contributed by atoms with van der Waals surface area (Å²) in [6.07, 6.45) is 0. The molecule has 16 heavy (non-hydrogen) atoms. The van der Waals surface area contributed by atoms with Crippen molar-refractivity contribution in [2.24, 2.45) is 0 Å². The second-order valence-corrected chi connectivity index (χ2v) is 3.70. The van der Waals surface area contributed by atoms with E-state index < -0.39 is 0 Å². The van der Waals surface area contributed by atoms with Gasteiger partial charge in [-0.15, -0.1) is 0 Å². The first-order valence-electron chi connectivity index (χ1n) is 5.07. The van der Waals surface area contributed by atoms with Crippen molar-refractivity contribution in [2.75, 3.05) is 24.0 Å². The molecule has 0 aliphatic heterocycles. The Bertz CT molecular complexity index is 347. The van der Waals surface area contributed by atoms with Gasteiger partial charge in [0.15, 0.2) is 0 Å². The molecule has 0 bridgehead atoms. The first-order chi connectivity index (χ1) is 7.58. The maximum absolute atomic E-state index is 5.81. The van der Waals surface area contributed by atoms with Crippen LogP contribution in [0.5, 0.6) is 0 Å². The number of halogens is 1. The Balaban J connectivity index is 3.02. The Labute approximate surface area is 100.0 Å². The molecule has 1 N–H and O–H groups in total. The van der Waals surface area contributed by atoms with E-state index in [2.05, 4.69) is 20.3 Å². The van der Waals surface area contributed by atoms with Gasteiger partial charge >= 0.3 is 0 Å². The van der Waals surface area contributed by atoms with Crippen molar-refractivity contribution in [3.63, 3.8) is 0 Å². The van der Waals surface area contributed by atoms with Gasteiger partial charge < -0.3 is 5.32 Å². The van der Waals surface area contributed by atoms with Gasteiger partial charge in [-0.1, -0.05) is 0 Å². The molecule has 1 rings (SSSR count). The average molecular weight is 246 g/mol. The summed E-state index contributed by atoms with van der Waals surface area (Å²) in [6.45, 7) is 6.60. The summed E-state index contributed by atoms with van der Waals surface area (Å²) in [7, 11) is 1.56. The van der Waals surface area contributed by atoms with Crippen LogP contribution in [0.3, 0.4) is 0 Å². The van der Waals surface area contributed by atoms with E-state index in [1.807, 2.05) is 20.8 Å². The minimum absolute atomic E-state index is 0.109. The van der Waals surface area contributed by atoms with E-state index in [4.69, 9.17) is 16.4 Å². The molecule has 0 spiro atoms. The Morgan fingerprint density at radius 2 is 2.06 bits per heavy atom. The van der Waals surface area contributed by atoms with Crippen LogP contribution in [0.15, 0.2) is 0 Å². The molecule has 0 aliphatic carbocycles. The zero-order valence-corrected chi connectivity index (χ0v) is 10.6. The number of nitrogens with one attached hydrogen (secondary N) is 1. The molecule has 0 radical (unpaired) electrons. The summed E-state index contributed by atoms with van der Waals surface area (Å²) in [5.74, 6) is 0.841. The Hall–Kier alpha value is -1.14. The van der Waals surface area contributed by atoms with Gasteiger partial charge in [0.2, 0.25) is 11.2 Å². The Kier molecular flexibility index (Phi) is 4.70. The average Bonchev–Trinajstić information content (AvgIpc) is 2.17. The lowest BCUT2D eigenvalue weighted by Crippen LogP contribution is -2.31. The maximum atomic E-state index is 5.81. The van der Waals surface area contributed by atoms with Crippen molar-refractivity contribution in [3.05, 3.63) is 5.28 Å². The monoisotopic (exact) mass is 245 g/mol. The van der Waals surface area contributed by atoms with Gasteiger partial charge in [0.05, 0.1) is 13.2 Å². The number of aromatic nitrogens is 3. The third-order valence-electron chi connectivity index (χ3n) is 1.79. The third-order valence-corrected chi connectivity index (χ3v) is 1.96. The van der Waals surface area contributed by atoms with Crippen LogP contribution >= 0.6 is 11.6 Å². The molecule has 1 aromatic heterocycles. The number of nitrogens with zero attached hydrogens (tertiary/aromatic N) is 4. The summed E-state index contributed by atoms with van der Waals surface area (Å²) in [5.41, 5.74) is 0. The molecule has 0 saturated carbocycles. The molecule has 6 nitrogen and oxygen atoms in total. The lowest BCUT2D eigenvalue weighted by Gasteiger charge is -2.23. The van der Waals surface area contributed by atoms with Crippen molar-refractivity contribution in [1.82, 2.24) is 15.0 Å². The van der Waals surface area contributed by atoms with Crippen molar-refractivity contribution >= 4 is 23.5 Å². The van der Waals surface area contributed by atoms with E-state index in [1.54, 1.807) is 12.2 Å². The zero-order chi connectivity index (χ0) is 12.1. The molecule has 0 unspecified atom stereocenters. The molecule has 90 valence electrons. The van der Waals surface area contributed by atoms with E-state index >= 15 is 0 Å². The zero-order valence-electron chi connectivity index (χ0n) is 9.86. The fourth-order valence-electron chi connectivity index (χ4n) is 1.20. The molecular formula is C9H16ClN5O. The van der Waals surface area contributed by atoms with Crippen LogP contribution in [0, 0.1) is 0 Å². The summed E-state index contributed by atoms with van der Waals surface area (Å²) in [6, 6.07) is 0.109. The maximum Gasteiger partial charge on any atom is 0.256 e. The number of anilines is 2. The van der Waals surface area contributed by atoms with E-state index in [-0.39, 0.29) is 11.3 Å². The Morgan fingerprint density at radius 1 is 1.38 bits per heavy atom. The SMILES string of the molecule is CCNc1nc(Cl)nc(N(OC)C(C)C)n1. The molecular weight excluding hydrogens is 230 g/mol. The van der Waals surface area contributed by atoms with Gasteiger partial charge in [-0.2, -0.15) is 15.0 Å². The standard InChI is InChI=1S/C9H16ClN5O/c1-5-11-8-12-7(10)13-9(14-8)15(16-4)6(2)3/h6H,5H2,1-4H3,(H,11,12,13,14). The van der Waals surface area contributed by atoms with Gasteiger partial charge in [0, 0.05) is 6.54 Å². The van der Waals surface area contributed by atoms with Crippen LogP contribution in [-0.2, 0) is 4.84 Å². The van der Waals surface area contributed by atoms with E-state index in [1.165, 1.54) is 0 Å². The number of hydrogen-bond acceptors (Lipinski definition) is 6. The largest absolute Gasteiger partial charge is 0.354 e. The smallest absolute Gasteiger partial charge is 0.256 e. The van der Waals surface area contributed by atoms with Crippen molar-refractivity contribution in [2.45, 2.75) is 26.8 Å². The van der Waals surface area contributed by atoms with E-state index in [9.17, 15) is 0 Å². The highest BCUT2D eigenvalue weighted by Crippen LogP contribution is 2.15. The number of rotatable bonds is 5. The van der Waals surface area contributed by atoms with Crippen LogP contribution in [0.1, 0.15) is 20.8 Å². The molecule has 0 aromatic carbocycles. The van der Waals surface area contributed by atoms with E-state index in [0.29, 0.717) is 18.4 Å². The predicted octanol–water partition coefficient (Wildman–Crippen LogP) is 1.73. The van der Waals surface area contributed by atoms with Gasteiger partial charge in [-0.25, -0.2) is 5.06 Å². The summed E-state index contributed by atoms with van der Waals surface area (Å²) < 4.78 is 0. The lowest BCUT2D eigenvalue weighted by atomic mass is 10.4. The minimum atomic E-state index is 0.109. The van der Waals surface area contributed by atoms with E-state index in [0.717, 1.165) is 0 Å². The summed E-state index contributed by atoms with van der Waals surface area (Å²) in [4.78, 5) is 17.3. The van der Waals surface area contributed by atoms with Crippen LogP contribution in [-0.4, -0.2) is 34.6 Å². The normalized spacial score (nSPS) is 10.6. The fourth-order valence-corrected chi connectivity index (χ4v) is 1.35. The molecule has 7 heteroatoms. The fraction of sp³-hybridized carbons (Fsp3) is 0.667. The van der Waals surface area contributed by atoms with Gasteiger partial charge in [0.1, 0.15) is 0 Å².